The second-order valence-corrected chi connectivity index (χ2v) is 6.58. The normalized spacial score (nSPS) is 8.59. The van der Waals surface area contributed by atoms with Crippen LogP contribution >= 0.6 is 0 Å². The third-order valence-electron chi connectivity index (χ3n) is 3.93. The summed E-state index contributed by atoms with van der Waals surface area (Å²) >= 11 is 0. The lowest BCUT2D eigenvalue weighted by molar-refractivity contribution is -0.671. The number of rotatable bonds is 2. The highest BCUT2D eigenvalue weighted by Crippen LogP contribution is 1.93. The summed E-state index contributed by atoms with van der Waals surface area (Å²) in [7, 11) is 4.04. The second-order valence-electron chi connectivity index (χ2n) is 6.58. The Hall–Kier alpha value is -5.53. The van der Waals surface area contributed by atoms with Crippen molar-refractivity contribution in [2.24, 2.45) is 14.1 Å². The van der Waals surface area contributed by atoms with Crippen LogP contribution < -0.4 is 9.13 Å². The van der Waals surface area contributed by atoms with Gasteiger partial charge in [0.05, 0.1) is 27.2 Å². The van der Waals surface area contributed by atoms with Crippen LogP contribution in [0, 0.1) is 89.8 Å². The van der Waals surface area contributed by atoms with Crippen molar-refractivity contribution in [3.8, 4) is 47.7 Å². The van der Waals surface area contributed by atoms with E-state index in [0.717, 1.165) is 13.1 Å². The highest BCUT2D eigenvalue weighted by molar-refractivity contribution is 7.05. The second kappa shape index (κ2) is 16.2. The van der Waals surface area contributed by atoms with Gasteiger partial charge in [0.15, 0.2) is 0 Å². The Morgan fingerprint density at radius 2 is 0.794 bits per heavy atom. The summed E-state index contributed by atoms with van der Waals surface area (Å²) in [5, 5.41) is 64.7. The number of hydrogen-bond acceptors (Lipinski definition) is 8. The molecule has 2 aromatic rings. The van der Waals surface area contributed by atoms with Crippen LogP contribution in [-0.4, -0.2) is 21.4 Å². The quantitative estimate of drug-likeness (QED) is 0.447. The zero-order valence-corrected chi connectivity index (χ0v) is 19.4. The van der Waals surface area contributed by atoms with Crippen LogP contribution in [0.25, 0.3) is 0 Å². The first-order valence-electron chi connectivity index (χ1n) is 9.77. The zero-order chi connectivity index (χ0) is 26.6. The lowest BCUT2D eigenvalue weighted by Crippen LogP contribution is -2.26. The molecule has 14 heteroatoms. The topological polar surface area (TPSA) is 208 Å². The zero-order valence-electron chi connectivity index (χ0n) is 19.4. The largest absolute Gasteiger partial charge is 0.383 e. The minimum absolute atomic E-state index is 1.06. The summed E-state index contributed by atoms with van der Waals surface area (Å²) in [5.41, 5.74) is 0. The van der Waals surface area contributed by atoms with Crippen molar-refractivity contribution < 1.29 is 9.13 Å². The summed E-state index contributed by atoms with van der Waals surface area (Å²) < 4.78 is 8.31. The molecule has 0 saturated carbocycles. The molecule has 12 nitrogen and oxygen atoms in total. The van der Waals surface area contributed by atoms with E-state index in [1.807, 2.05) is 35.6 Å². The Balaban J connectivity index is 0. The van der Waals surface area contributed by atoms with Crippen LogP contribution in [0.4, 0.5) is 0 Å². The summed E-state index contributed by atoms with van der Waals surface area (Å²) in [5.74, 6) is 10.8. The van der Waals surface area contributed by atoms with Gasteiger partial charge in [-0.25, -0.2) is 60.4 Å². The fraction of sp³-hybridized carbons (Fsp3) is 0.300. The van der Waals surface area contributed by atoms with Gasteiger partial charge < -0.3 is 0 Å². The molecule has 0 N–H and O–H groups in total. The molecule has 168 valence electrons. The summed E-state index contributed by atoms with van der Waals surface area (Å²) in [4.78, 5) is 0. The van der Waals surface area contributed by atoms with Crippen LogP contribution in [0.2, 0.25) is 0 Å². The fourth-order valence-corrected chi connectivity index (χ4v) is 1.72. The molecule has 0 aliphatic carbocycles. The van der Waals surface area contributed by atoms with Crippen LogP contribution in [0.1, 0.15) is 13.8 Å². The van der Waals surface area contributed by atoms with Gasteiger partial charge in [0.2, 0.25) is 12.7 Å². The first-order chi connectivity index (χ1) is 16.1. The van der Waals surface area contributed by atoms with E-state index in [1.54, 1.807) is 0 Å². The Kier molecular flexibility index (Phi) is 14.6. The van der Waals surface area contributed by atoms with Gasteiger partial charge in [0.25, 0.3) is 0 Å². The molecule has 0 amide bonds. The van der Waals surface area contributed by atoms with E-state index in [2.05, 4.69) is 48.0 Å². The lowest BCUT2D eigenvalue weighted by atomic mass is 9.30. The predicted molar refractivity (Wildman–Crippen MR) is 119 cm³/mol. The molecule has 0 radical (unpaired) electrons. The predicted octanol–water partition coefficient (Wildman–Crippen LogP) is 0.0376. The number of aromatic nitrogens is 4. The summed E-state index contributed by atoms with van der Waals surface area (Å²) in [6.07, 6.45) is 6.84. The molecule has 0 bridgehead atoms. The van der Waals surface area contributed by atoms with Gasteiger partial charge >= 0.3 is 12.3 Å². The Bertz CT molecular complexity index is 1040. The molecular formula is C20H22B2N12. The number of nitriles is 8. The molecule has 0 aliphatic rings. The highest BCUT2D eigenvalue weighted by atomic mass is 15.1. The van der Waals surface area contributed by atoms with E-state index in [9.17, 15) is 0 Å². The van der Waals surface area contributed by atoms with E-state index >= 15 is 0 Å². The van der Waals surface area contributed by atoms with Crippen molar-refractivity contribution in [1.82, 2.24) is 9.13 Å². The Labute approximate surface area is 199 Å². The fourth-order valence-electron chi connectivity index (χ4n) is 1.72. The van der Waals surface area contributed by atoms with Crippen molar-refractivity contribution >= 4 is 12.3 Å². The first-order valence-corrected chi connectivity index (χ1v) is 9.77. The molecular weight excluding hydrogens is 430 g/mol. The van der Waals surface area contributed by atoms with Crippen LogP contribution in [0.15, 0.2) is 37.4 Å². The van der Waals surface area contributed by atoms with Gasteiger partial charge in [-0.2, -0.15) is 0 Å². The molecule has 2 rings (SSSR count). The molecule has 0 spiro atoms. The maximum atomic E-state index is 8.09. The van der Waals surface area contributed by atoms with Crippen LogP contribution in [0.3, 0.4) is 0 Å². The maximum absolute atomic E-state index is 8.09. The van der Waals surface area contributed by atoms with Crippen molar-refractivity contribution in [3.05, 3.63) is 37.4 Å². The van der Waals surface area contributed by atoms with Gasteiger partial charge in [-0.1, -0.05) is 0 Å². The van der Waals surface area contributed by atoms with Gasteiger partial charge in [0.1, 0.15) is 24.8 Å². The molecule has 0 atom stereocenters. The number of nitrogens with zero attached hydrogens (tertiary/aromatic N) is 12. The maximum Gasteiger partial charge on any atom is 0.383 e. The van der Waals surface area contributed by atoms with Gasteiger partial charge in [0, 0.05) is 0 Å². The van der Waals surface area contributed by atoms with Crippen LogP contribution in [-0.2, 0) is 27.2 Å². The standard InChI is InChI=1S/2C6H11N2.2C4BN4/c2*1-3-8-5-4-7(2)6-8;2*6-1-5(2-7,3-8)4-9/h2*4-6H,3H2,1-2H3;;/q2*+1;2*-1. The number of hydrogen-bond donors (Lipinski definition) is 0. The molecule has 0 unspecified atom stereocenters. The molecule has 2 aromatic heterocycles. The first kappa shape index (κ1) is 30.7. The van der Waals surface area contributed by atoms with Gasteiger partial charge in [-0.3, -0.25) is 0 Å². The molecule has 0 aromatic carbocycles. The monoisotopic (exact) mass is 452 g/mol. The highest BCUT2D eigenvalue weighted by Gasteiger charge is 2.23. The van der Waals surface area contributed by atoms with E-state index < -0.39 is 12.3 Å². The average molecular weight is 452 g/mol. The van der Waals surface area contributed by atoms with Crippen LogP contribution in [0.5, 0.6) is 0 Å². The molecule has 34 heavy (non-hydrogen) atoms. The number of imidazole rings is 2. The third kappa shape index (κ3) is 10.5. The Morgan fingerprint density at radius 3 is 0.853 bits per heavy atom. The van der Waals surface area contributed by atoms with E-state index in [-0.39, 0.29) is 0 Å². The smallest absolute Gasteiger partial charge is 0.245 e. The lowest BCUT2D eigenvalue weighted by Gasteiger charge is -1.98. The molecule has 0 saturated heterocycles. The average Bonchev–Trinajstić information content (AvgIpc) is 3.51. The van der Waals surface area contributed by atoms with Crippen molar-refractivity contribution in [2.45, 2.75) is 26.9 Å². The van der Waals surface area contributed by atoms with Gasteiger partial charge in [-0.15, -0.1) is 47.7 Å². The molecule has 2 heterocycles. The van der Waals surface area contributed by atoms with E-state index in [0.29, 0.717) is 0 Å². The Morgan fingerprint density at radius 1 is 0.559 bits per heavy atom. The summed E-state index contributed by atoms with van der Waals surface area (Å²) in [6.45, 7) is 6.36. The molecule has 0 aliphatic heterocycles. The van der Waals surface area contributed by atoms with Crippen molar-refractivity contribution in [1.29, 1.82) is 42.1 Å². The van der Waals surface area contributed by atoms with Crippen molar-refractivity contribution in [2.75, 3.05) is 0 Å². The van der Waals surface area contributed by atoms with E-state index in [4.69, 9.17) is 42.1 Å². The SMILES string of the molecule is CCn1cc[n+](C)c1.CCn1cc[n+](C)c1.N#C[B-](C#N)(C#N)C#N.N#C[B-](C#N)(C#N)C#N. The van der Waals surface area contributed by atoms with E-state index in [1.165, 1.54) is 47.7 Å². The summed E-state index contributed by atoms with van der Waals surface area (Å²) in [6, 6.07) is 0. The molecule has 0 fully saturated rings. The minimum atomic E-state index is -2.72. The minimum Gasteiger partial charge on any atom is -0.245 e. The van der Waals surface area contributed by atoms with Gasteiger partial charge in [-0.05, 0) is 13.8 Å². The number of aryl methyl sites for hydroxylation is 4. The van der Waals surface area contributed by atoms with Crippen molar-refractivity contribution in [3.63, 3.8) is 0 Å². The third-order valence-corrected chi connectivity index (χ3v) is 3.93.